The first kappa shape index (κ1) is 17.2. The van der Waals surface area contributed by atoms with Gasteiger partial charge in [-0.1, -0.05) is 56.8 Å². The zero-order chi connectivity index (χ0) is 18.1. The fraction of sp³-hybridized carbons (Fsp3) is 0.250. The van der Waals surface area contributed by atoms with Gasteiger partial charge in [0.2, 0.25) is 11.8 Å². The van der Waals surface area contributed by atoms with Crippen LogP contribution < -0.4 is 0 Å². The average molecular weight is 382 g/mol. The van der Waals surface area contributed by atoms with Crippen molar-refractivity contribution in [2.45, 2.75) is 36.3 Å². The Morgan fingerprint density at radius 3 is 2.50 bits per heavy atom. The summed E-state index contributed by atoms with van der Waals surface area (Å²) in [6, 6.07) is 16.5. The molecule has 2 heterocycles. The number of rotatable bonds is 4. The Morgan fingerprint density at radius 2 is 1.77 bits per heavy atom. The van der Waals surface area contributed by atoms with Gasteiger partial charge in [0.15, 0.2) is 4.34 Å². The zero-order valence-corrected chi connectivity index (χ0v) is 16.5. The Balaban J connectivity index is 1.46. The monoisotopic (exact) mass is 381 g/mol. The van der Waals surface area contributed by atoms with E-state index in [1.54, 1.807) is 23.1 Å². The number of hydrogen-bond acceptors (Lipinski definition) is 6. The molecule has 4 rings (SSSR count). The van der Waals surface area contributed by atoms with Crippen LogP contribution in [0.15, 0.2) is 57.3 Å². The Bertz CT molecular complexity index is 996. The van der Waals surface area contributed by atoms with E-state index in [4.69, 9.17) is 4.42 Å². The smallest absolute Gasteiger partial charge is 0.247 e. The van der Waals surface area contributed by atoms with Crippen molar-refractivity contribution < 1.29 is 4.42 Å². The third-order valence-electron chi connectivity index (χ3n) is 4.06. The van der Waals surface area contributed by atoms with Crippen LogP contribution in [0.4, 0.5) is 0 Å². The van der Waals surface area contributed by atoms with E-state index < -0.39 is 0 Å². The van der Waals surface area contributed by atoms with Crippen LogP contribution in [-0.4, -0.2) is 15.2 Å². The molecule has 0 atom stereocenters. The third-order valence-corrected chi connectivity index (χ3v) is 6.22. The Hall–Kier alpha value is -2.18. The molecule has 0 radical (unpaired) electrons. The predicted octanol–water partition coefficient (Wildman–Crippen LogP) is 5.94. The van der Waals surface area contributed by atoms with Crippen molar-refractivity contribution in [2.75, 3.05) is 0 Å². The van der Waals surface area contributed by atoms with Gasteiger partial charge in [0, 0.05) is 5.56 Å². The van der Waals surface area contributed by atoms with E-state index in [-0.39, 0.29) is 5.41 Å². The van der Waals surface area contributed by atoms with Crippen molar-refractivity contribution in [3.63, 3.8) is 0 Å². The maximum Gasteiger partial charge on any atom is 0.247 e. The van der Waals surface area contributed by atoms with E-state index >= 15 is 0 Å². The maximum absolute atomic E-state index is 5.82. The van der Waals surface area contributed by atoms with Crippen LogP contribution in [0.3, 0.4) is 0 Å². The van der Waals surface area contributed by atoms with Gasteiger partial charge in [0.1, 0.15) is 0 Å². The molecule has 2 aromatic carbocycles. The number of thioether (sulfide) groups is 1. The quantitative estimate of drug-likeness (QED) is 0.410. The molecule has 0 unspecified atom stereocenters. The summed E-state index contributed by atoms with van der Waals surface area (Å²) in [5, 5.41) is 8.36. The largest absolute Gasteiger partial charge is 0.420 e. The van der Waals surface area contributed by atoms with Gasteiger partial charge >= 0.3 is 0 Å². The van der Waals surface area contributed by atoms with Crippen molar-refractivity contribution in [2.24, 2.45) is 0 Å². The topological polar surface area (TPSA) is 51.8 Å². The molecular formula is C20H19N3OS2. The fourth-order valence-electron chi connectivity index (χ4n) is 2.58. The summed E-state index contributed by atoms with van der Waals surface area (Å²) in [5.41, 5.74) is 3.39. The second-order valence-electron chi connectivity index (χ2n) is 7.06. The van der Waals surface area contributed by atoms with Crippen LogP contribution in [0, 0.1) is 0 Å². The molecule has 0 bridgehead atoms. The molecule has 0 aliphatic carbocycles. The summed E-state index contributed by atoms with van der Waals surface area (Å²) < 4.78 is 8.03. The summed E-state index contributed by atoms with van der Waals surface area (Å²) in [6.45, 7) is 6.60. The van der Waals surface area contributed by atoms with Crippen LogP contribution >= 0.6 is 23.1 Å². The summed E-state index contributed by atoms with van der Waals surface area (Å²) >= 11 is 3.31. The molecule has 0 N–H and O–H groups in total. The Labute approximate surface area is 160 Å². The Kier molecular flexibility index (Phi) is 4.54. The normalized spacial score (nSPS) is 12.0. The van der Waals surface area contributed by atoms with E-state index in [2.05, 4.69) is 54.2 Å². The second-order valence-corrected chi connectivity index (χ2v) is 9.32. The molecule has 26 heavy (non-hydrogen) atoms. The number of nitrogens with zero attached hydrogens (tertiary/aromatic N) is 3. The van der Waals surface area contributed by atoms with Crippen LogP contribution in [0.1, 0.15) is 32.2 Å². The predicted molar refractivity (Wildman–Crippen MR) is 108 cm³/mol. The molecule has 0 aliphatic rings. The lowest BCUT2D eigenvalue weighted by atomic mass is 9.87. The van der Waals surface area contributed by atoms with Crippen molar-refractivity contribution >= 4 is 33.3 Å². The van der Waals surface area contributed by atoms with E-state index in [0.717, 1.165) is 15.4 Å². The van der Waals surface area contributed by atoms with E-state index in [9.17, 15) is 0 Å². The highest BCUT2D eigenvalue weighted by Crippen LogP contribution is 2.32. The van der Waals surface area contributed by atoms with Crippen molar-refractivity contribution in [3.8, 4) is 11.5 Å². The number of fused-ring (bicyclic) bond motifs is 1. The highest BCUT2D eigenvalue weighted by molar-refractivity contribution is 8.00. The van der Waals surface area contributed by atoms with Crippen molar-refractivity contribution in [1.29, 1.82) is 0 Å². The molecule has 4 aromatic rings. The minimum absolute atomic E-state index is 0.131. The molecule has 0 saturated heterocycles. The summed E-state index contributed by atoms with van der Waals surface area (Å²) in [7, 11) is 0. The highest BCUT2D eigenvalue weighted by atomic mass is 32.2. The molecule has 0 amide bonds. The van der Waals surface area contributed by atoms with Crippen LogP contribution in [0.25, 0.3) is 21.7 Å². The maximum atomic E-state index is 5.82. The number of para-hydroxylation sites is 1. The first-order chi connectivity index (χ1) is 12.5. The van der Waals surface area contributed by atoms with Gasteiger partial charge in [-0.2, -0.15) is 0 Å². The number of aromatic nitrogens is 3. The highest BCUT2D eigenvalue weighted by Gasteiger charge is 2.15. The van der Waals surface area contributed by atoms with Crippen LogP contribution in [0.5, 0.6) is 0 Å². The minimum atomic E-state index is 0.131. The van der Waals surface area contributed by atoms with Gasteiger partial charge in [-0.25, -0.2) is 4.98 Å². The molecule has 132 valence electrons. The lowest BCUT2D eigenvalue weighted by molar-refractivity contribution is 0.528. The standard InChI is InChI=1S/C20H19N3OS2/c1-20(2,3)14-10-8-13(9-11-14)18-23-22-17(24-18)12-25-19-21-15-6-4-5-7-16(15)26-19/h4-11H,12H2,1-3H3. The number of hydrogen-bond donors (Lipinski definition) is 0. The van der Waals surface area contributed by atoms with Crippen molar-refractivity contribution in [1.82, 2.24) is 15.2 Å². The molecule has 2 aromatic heterocycles. The average Bonchev–Trinajstić information content (AvgIpc) is 3.26. The first-order valence-corrected chi connectivity index (χ1v) is 10.2. The van der Waals surface area contributed by atoms with Gasteiger partial charge in [-0.05, 0) is 35.2 Å². The zero-order valence-electron chi connectivity index (χ0n) is 14.9. The van der Waals surface area contributed by atoms with Gasteiger partial charge in [-0.15, -0.1) is 21.5 Å². The summed E-state index contributed by atoms with van der Waals surface area (Å²) in [4.78, 5) is 4.62. The van der Waals surface area contributed by atoms with E-state index in [1.165, 1.54) is 10.3 Å². The van der Waals surface area contributed by atoms with Crippen LogP contribution in [0.2, 0.25) is 0 Å². The van der Waals surface area contributed by atoms with Gasteiger partial charge in [0.25, 0.3) is 0 Å². The molecular weight excluding hydrogens is 362 g/mol. The Morgan fingerprint density at radius 1 is 1.00 bits per heavy atom. The van der Waals surface area contributed by atoms with E-state index in [1.807, 2.05) is 30.3 Å². The van der Waals surface area contributed by atoms with Gasteiger partial charge in [0.05, 0.1) is 16.0 Å². The molecule has 6 heteroatoms. The lowest BCUT2D eigenvalue weighted by Gasteiger charge is -2.18. The second kappa shape index (κ2) is 6.85. The number of benzene rings is 2. The summed E-state index contributed by atoms with van der Waals surface area (Å²) in [5.74, 6) is 1.79. The lowest BCUT2D eigenvalue weighted by Crippen LogP contribution is -2.10. The molecule has 0 saturated carbocycles. The van der Waals surface area contributed by atoms with Gasteiger partial charge in [-0.3, -0.25) is 0 Å². The molecule has 0 aliphatic heterocycles. The third kappa shape index (κ3) is 3.66. The van der Waals surface area contributed by atoms with Crippen LogP contribution in [-0.2, 0) is 11.2 Å². The molecule has 0 fully saturated rings. The SMILES string of the molecule is CC(C)(C)c1ccc(-c2nnc(CSc3nc4ccccc4s3)o2)cc1. The first-order valence-electron chi connectivity index (χ1n) is 8.41. The minimum Gasteiger partial charge on any atom is -0.420 e. The molecule has 4 nitrogen and oxygen atoms in total. The summed E-state index contributed by atoms with van der Waals surface area (Å²) in [6.07, 6.45) is 0. The van der Waals surface area contributed by atoms with Gasteiger partial charge < -0.3 is 4.42 Å². The number of thiazole rings is 1. The fourth-order valence-corrected chi connectivity index (χ4v) is 4.48. The molecule has 0 spiro atoms. The van der Waals surface area contributed by atoms with E-state index in [0.29, 0.717) is 17.5 Å². The van der Waals surface area contributed by atoms with Crippen molar-refractivity contribution in [3.05, 3.63) is 60.0 Å².